The number of nitrogens with zero attached hydrogens (tertiary/aromatic N) is 1. The largest absolute Gasteiger partial charge is 0.508 e. The number of carbonyl (C=O) groups excluding carboxylic acids is 3. The average Bonchev–Trinajstić information content (AvgIpc) is 2.73. The van der Waals surface area contributed by atoms with E-state index < -0.39 is 12.1 Å². The number of hydrogen-bond acceptors (Lipinski definition) is 6. The summed E-state index contributed by atoms with van der Waals surface area (Å²) in [5.74, 6) is -0.261. The molecule has 1 rings (SSSR count). The Morgan fingerprint density at radius 2 is 1.77 bits per heavy atom. The highest BCUT2D eigenvalue weighted by Crippen LogP contribution is 2.09. The molecular formula is C19H31N7O4. The Morgan fingerprint density at radius 3 is 2.43 bits per heavy atom. The molecule has 0 saturated heterocycles. The summed E-state index contributed by atoms with van der Waals surface area (Å²) in [6.07, 6.45) is 1.30. The molecule has 1 aromatic carbocycles. The van der Waals surface area contributed by atoms with Crippen LogP contribution in [-0.2, 0) is 16.1 Å². The Kier molecular flexibility index (Phi) is 11.3. The van der Waals surface area contributed by atoms with Crippen LogP contribution in [-0.4, -0.2) is 54.6 Å². The van der Waals surface area contributed by atoms with Crippen molar-refractivity contribution in [3.8, 4) is 5.75 Å². The summed E-state index contributed by atoms with van der Waals surface area (Å²) in [4.78, 5) is 38.7. The molecule has 166 valence electrons. The van der Waals surface area contributed by atoms with Crippen molar-refractivity contribution in [1.82, 2.24) is 21.3 Å². The van der Waals surface area contributed by atoms with Crippen LogP contribution < -0.4 is 32.7 Å². The third kappa shape index (κ3) is 10.9. The molecule has 0 radical (unpaired) electrons. The minimum Gasteiger partial charge on any atom is -0.508 e. The zero-order chi connectivity index (χ0) is 22.4. The smallest absolute Gasteiger partial charge is 0.321 e. The highest BCUT2D eigenvalue weighted by atomic mass is 16.3. The van der Waals surface area contributed by atoms with Crippen molar-refractivity contribution in [3.05, 3.63) is 29.8 Å². The topological polar surface area (TPSA) is 184 Å². The van der Waals surface area contributed by atoms with Gasteiger partial charge in [0.1, 0.15) is 5.75 Å². The van der Waals surface area contributed by atoms with E-state index in [-0.39, 0.29) is 30.1 Å². The minimum atomic E-state index is -0.687. The van der Waals surface area contributed by atoms with Crippen LogP contribution in [0.2, 0.25) is 0 Å². The summed E-state index contributed by atoms with van der Waals surface area (Å²) < 4.78 is 0. The first-order chi connectivity index (χ1) is 14.3. The van der Waals surface area contributed by atoms with Gasteiger partial charge in [0.2, 0.25) is 11.8 Å². The first-order valence-electron chi connectivity index (χ1n) is 9.74. The molecule has 11 nitrogen and oxygen atoms in total. The van der Waals surface area contributed by atoms with Gasteiger partial charge in [-0.25, -0.2) is 4.79 Å². The number of guanidine groups is 1. The lowest BCUT2D eigenvalue weighted by Gasteiger charge is -2.12. The minimum absolute atomic E-state index is 0.0459. The molecule has 0 bridgehead atoms. The molecule has 0 saturated carbocycles. The standard InChI is InChI=1S/C19H31N7O4/c1-2-16(28)22-10-11-24-19(30)26-18(21)23-9-3-4-15(20)17(29)25-12-13-5-7-14(27)8-6-13/h5-8,15,27H,2-4,9-12,20H2,1H3,(H,22,28)(H,25,29)(H4,21,23,24,26,30)/t15-/m1/s1. The third-order valence-electron chi connectivity index (χ3n) is 3.99. The number of benzene rings is 1. The van der Waals surface area contributed by atoms with Crippen LogP contribution >= 0.6 is 0 Å². The van der Waals surface area contributed by atoms with Crippen LogP contribution in [0.4, 0.5) is 4.79 Å². The van der Waals surface area contributed by atoms with Crippen molar-refractivity contribution < 1.29 is 19.5 Å². The number of nitrogens with two attached hydrogens (primary N) is 2. The van der Waals surface area contributed by atoms with E-state index in [4.69, 9.17) is 11.5 Å². The maximum absolute atomic E-state index is 12.0. The van der Waals surface area contributed by atoms with Gasteiger partial charge in [-0.05, 0) is 30.5 Å². The number of phenolic OH excluding ortho intramolecular Hbond substituents is 1. The van der Waals surface area contributed by atoms with Crippen LogP contribution in [0.15, 0.2) is 29.3 Å². The van der Waals surface area contributed by atoms with E-state index in [0.29, 0.717) is 38.9 Å². The lowest BCUT2D eigenvalue weighted by Crippen LogP contribution is -2.45. The molecule has 0 aromatic heterocycles. The Hall–Kier alpha value is -3.34. The maximum atomic E-state index is 12.0. The molecule has 0 aliphatic rings. The van der Waals surface area contributed by atoms with Gasteiger partial charge < -0.3 is 32.5 Å². The molecule has 4 amide bonds. The lowest BCUT2D eigenvalue weighted by molar-refractivity contribution is -0.122. The summed E-state index contributed by atoms with van der Waals surface area (Å²) in [5, 5.41) is 19.5. The van der Waals surface area contributed by atoms with Gasteiger partial charge >= 0.3 is 6.03 Å². The lowest BCUT2D eigenvalue weighted by atomic mass is 10.1. The number of aliphatic imine (C=N–C) groups is 1. The molecule has 11 heteroatoms. The van der Waals surface area contributed by atoms with Gasteiger partial charge in [-0.3, -0.25) is 19.9 Å². The normalized spacial score (nSPS) is 12.0. The first kappa shape index (κ1) is 24.7. The van der Waals surface area contributed by atoms with Gasteiger partial charge in [0.25, 0.3) is 0 Å². The predicted octanol–water partition coefficient (Wildman–Crippen LogP) is -0.744. The number of carbonyl (C=O) groups is 3. The third-order valence-corrected chi connectivity index (χ3v) is 3.99. The van der Waals surface area contributed by atoms with Gasteiger partial charge in [0, 0.05) is 32.6 Å². The van der Waals surface area contributed by atoms with Crippen LogP contribution in [0.1, 0.15) is 31.7 Å². The van der Waals surface area contributed by atoms with Gasteiger partial charge in [-0.15, -0.1) is 0 Å². The number of hydrogen-bond donors (Lipinski definition) is 7. The fraction of sp³-hybridized carbons (Fsp3) is 0.474. The number of nitrogens with one attached hydrogen (secondary N) is 4. The highest BCUT2D eigenvalue weighted by molar-refractivity contribution is 5.95. The average molecular weight is 422 g/mol. The molecule has 9 N–H and O–H groups in total. The quantitative estimate of drug-likeness (QED) is 0.140. The second-order valence-electron chi connectivity index (χ2n) is 6.48. The van der Waals surface area contributed by atoms with E-state index in [1.165, 1.54) is 0 Å². The van der Waals surface area contributed by atoms with Crippen molar-refractivity contribution in [3.63, 3.8) is 0 Å². The summed E-state index contributed by atoms with van der Waals surface area (Å²) in [6, 6.07) is 5.30. The van der Waals surface area contributed by atoms with E-state index in [9.17, 15) is 19.5 Å². The fourth-order valence-electron chi connectivity index (χ4n) is 2.28. The molecular weight excluding hydrogens is 390 g/mol. The monoisotopic (exact) mass is 421 g/mol. The van der Waals surface area contributed by atoms with E-state index in [1.807, 2.05) is 0 Å². The van der Waals surface area contributed by atoms with Crippen LogP contribution in [0.25, 0.3) is 0 Å². The number of amides is 4. The van der Waals surface area contributed by atoms with E-state index in [0.717, 1.165) is 5.56 Å². The van der Waals surface area contributed by atoms with Crippen molar-refractivity contribution in [1.29, 1.82) is 0 Å². The summed E-state index contributed by atoms with van der Waals surface area (Å²) in [7, 11) is 0. The van der Waals surface area contributed by atoms with Gasteiger partial charge in [-0.1, -0.05) is 19.1 Å². The molecule has 0 spiro atoms. The number of rotatable bonds is 11. The van der Waals surface area contributed by atoms with Crippen molar-refractivity contribution >= 4 is 23.8 Å². The molecule has 0 fully saturated rings. The SMILES string of the molecule is CCC(=O)NCCNC(=O)NC(N)=NCCC[C@@H](N)C(=O)NCc1ccc(O)cc1. The van der Waals surface area contributed by atoms with Crippen molar-refractivity contribution in [2.75, 3.05) is 19.6 Å². The Labute approximate surface area is 175 Å². The molecule has 0 unspecified atom stereocenters. The second kappa shape index (κ2) is 13.8. The van der Waals surface area contributed by atoms with Crippen LogP contribution in [0.3, 0.4) is 0 Å². The molecule has 1 atom stereocenters. The molecule has 0 heterocycles. The number of urea groups is 1. The Bertz CT molecular complexity index is 722. The molecule has 0 aliphatic heterocycles. The Balaban J connectivity index is 2.18. The Morgan fingerprint density at radius 1 is 1.10 bits per heavy atom. The summed E-state index contributed by atoms with van der Waals surface area (Å²) in [6.45, 7) is 2.95. The van der Waals surface area contributed by atoms with Crippen LogP contribution in [0.5, 0.6) is 5.75 Å². The van der Waals surface area contributed by atoms with Crippen molar-refractivity contribution in [2.45, 2.75) is 38.8 Å². The zero-order valence-corrected chi connectivity index (χ0v) is 17.1. The molecule has 0 aliphatic carbocycles. The first-order valence-corrected chi connectivity index (χ1v) is 9.74. The van der Waals surface area contributed by atoms with E-state index in [1.54, 1.807) is 31.2 Å². The number of aromatic hydroxyl groups is 1. The zero-order valence-electron chi connectivity index (χ0n) is 17.1. The maximum Gasteiger partial charge on any atom is 0.321 e. The molecule has 1 aromatic rings. The van der Waals surface area contributed by atoms with Gasteiger partial charge in [0.05, 0.1) is 6.04 Å². The number of phenols is 1. The highest BCUT2D eigenvalue weighted by Gasteiger charge is 2.12. The fourth-order valence-corrected chi connectivity index (χ4v) is 2.28. The van der Waals surface area contributed by atoms with E-state index in [2.05, 4.69) is 26.3 Å². The molecule has 30 heavy (non-hydrogen) atoms. The van der Waals surface area contributed by atoms with Crippen LogP contribution in [0, 0.1) is 0 Å². The van der Waals surface area contributed by atoms with Crippen molar-refractivity contribution in [2.24, 2.45) is 16.5 Å². The van der Waals surface area contributed by atoms with Gasteiger partial charge in [0.15, 0.2) is 5.96 Å². The second-order valence-corrected chi connectivity index (χ2v) is 6.48. The summed E-state index contributed by atoms with van der Waals surface area (Å²) in [5.41, 5.74) is 12.3. The summed E-state index contributed by atoms with van der Waals surface area (Å²) >= 11 is 0. The van der Waals surface area contributed by atoms with Gasteiger partial charge in [-0.2, -0.15) is 0 Å². The predicted molar refractivity (Wildman–Crippen MR) is 113 cm³/mol. The van der Waals surface area contributed by atoms with E-state index >= 15 is 0 Å².